The monoisotopic (exact) mass is 235 g/mol. The average molecular weight is 235 g/mol. The predicted octanol–water partition coefficient (Wildman–Crippen LogP) is 2.67. The Bertz CT molecular complexity index is 333. The summed E-state index contributed by atoms with van der Waals surface area (Å²) in [5.41, 5.74) is 6.63. The standard InChI is InChI=1S/C14H21NO2/c1-3-11(4-2)10-17-14(16)13(15)12-8-6-5-7-9-12/h5-9,11,13H,3-4,10,15H2,1-2H3. The van der Waals surface area contributed by atoms with E-state index in [2.05, 4.69) is 13.8 Å². The first-order chi connectivity index (χ1) is 8.19. The maximum absolute atomic E-state index is 11.7. The number of benzene rings is 1. The zero-order valence-electron chi connectivity index (χ0n) is 10.6. The van der Waals surface area contributed by atoms with Crippen LogP contribution < -0.4 is 5.73 Å². The van der Waals surface area contributed by atoms with Crippen molar-refractivity contribution >= 4 is 5.97 Å². The predicted molar refractivity (Wildman–Crippen MR) is 68.4 cm³/mol. The lowest BCUT2D eigenvalue weighted by atomic mass is 10.1. The maximum atomic E-state index is 11.7. The van der Waals surface area contributed by atoms with Crippen LogP contribution in [-0.2, 0) is 9.53 Å². The lowest BCUT2D eigenvalue weighted by Gasteiger charge is -2.15. The van der Waals surface area contributed by atoms with Gasteiger partial charge < -0.3 is 10.5 Å². The molecule has 0 saturated carbocycles. The summed E-state index contributed by atoms with van der Waals surface area (Å²) in [5.74, 6) is 0.0880. The minimum atomic E-state index is -0.675. The summed E-state index contributed by atoms with van der Waals surface area (Å²) in [5, 5.41) is 0. The van der Waals surface area contributed by atoms with Crippen LogP contribution in [0.25, 0.3) is 0 Å². The summed E-state index contributed by atoms with van der Waals surface area (Å²) in [7, 11) is 0. The van der Waals surface area contributed by atoms with Crippen LogP contribution in [0.1, 0.15) is 38.3 Å². The first kappa shape index (κ1) is 13.7. The number of nitrogens with two attached hydrogens (primary N) is 1. The van der Waals surface area contributed by atoms with Crippen LogP contribution in [0.5, 0.6) is 0 Å². The van der Waals surface area contributed by atoms with Crippen molar-refractivity contribution in [3.63, 3.8) is 0 Å². The fraction of sp³-hybridized carbons (Fsp3) is 0.500. The second-order valence-corrected chi connectivity index (χ2v) is 4.20. The molecule has 0 heterocycles. The number of carbonyl (C=O) groups is 1. The SMILES string of the molecule is CCC(CC)COC(=O)C(N)c1ccccc1. The van der Waals surface area contributed by atoms with Crippen LogP contribution in [0.15, 0.2) is 30.3 Å². The number of hydrogen-bond donors (Lipinski definition) is 1. The Morgan fingerprint density at radius 2 is 1.82 bits per heavy atom. The van der Waals surface area contributed by atoms with Crippen LogP contribution in [0.4, 0.5) is 0 Å². The van der Waals surface area contributed by atoms with Gasteiger partial charge >= 0.3 is 5.97 Å². The second kappa shape index (κ2) is 7.07. The molecule has 1 aromatic carbocycles. The molecule has 0 aliphatic heterocycles. The van der Waals surface area contributed by atoms with Crippen molar-refractivity contribution in [2.24, 2.45) is 11.7 Å². The van der Waals surface area contributed by atoms with Crippen LogP contribution in [0, 0.1) is 5.92 Å². The van der Waals surface area contributed by atoms with E-state index in [9.17, 15) is 4.79 Å². The average Bonchev–Trinajstić information content (AvgIpc) is 2.39. The first-order valence-corrected chi connectivity index (χ1v) is 6.16. The van der Waals surface area contributed by atoms with E-state index in [0.29, 0.717) is 12.5 Å². The van der Waals surface area contributed by atoms with Crippen molar-refractivity contribution in [2.45, 2.75) is 32.7 Å². The minimum absolute atomic E-state index is 0.344. The summed E-state index contributed by atoms with van der Waals surface area (Å²) >= 11 is 0. The van der Waals surface area contributed by atoms with Crippen LogP contribution in [0.3, 0.4) is 0 Å². The van der Waals surface area contributed by atoms with E-state index in [1.165, 1.54) is 0 Å². The summed E-state index contributed by atoms with van der Waals surface area (Å²) in [6.45, 7) is 4.66. The van der Waals surface area contributed by atoms with E-state index in [1.807, 2.05) is 30.3 Å². The highest BCUT2D eigenvalue weighted by Crippen LogP contribution is 2.13. The summed E-state index contributed by atoms with van der Waals surface area (Å²) in [6.07, 6.45) is 2.04. The number of ether oxygens (including phenoxy) is 1. The second-order valence-electron chi connectivity index (χ2n) is 4.20. The molecule has 0 spiro atoms. The molecule has 0 aliphatic rings. The third-order valence-corrected chi connectivity index (χ3v) is 3.03. The number of carbonyl (C=O) groups excluding carboxylic acids is 1. The van der Waals surface area contributed by atoms with E-state index in [-0.39, 0.29) is 5.97 Å². The van der Waals surface area contributed by atoms with E-state index in [4.69, 9.17) is 10.5 Å². The molecule has 0 aromatic heterocycles. The van der Waals surface area contributed by atoms with Gasteiger partial charge in [-0.25, -0.2) is 4.79 Å². The lowest BCUT2D eigenvalue weighted by Crippen LogP contribution is -2.25. The van der Waals surface area contributed by atoms with E-state index in [0.717, 1.165) is 18.4 Å². The topological polar surface area (TPSA) is 52.3 Å². The highest BCUT2D eigenvalue weighted by molar-refractivity contribution is 5.77. The van der Waals surface area contributed by atoms with Crippen molar-refractivity contribution in [1.82, 2.24) is 0 Å². The van der Waals surface area contributed by atoms with Gasteiger partial charge in [0.25, 0.3) is 0 Å². The molecule has 0 aliphatic carbocycles. The Balaban J connectivity index is 2.48. The van der Waals surface area contributed by atoms with Crippen molar-refractivity contribution in [3.05, 3.63) is 35.9 Å². The van der Waals surface area contributed by atoms with Gasteiger partial charge in [-0.05, 0) is 11.5 Å². The summed E-state index contributed by atoms with van der Waals surface area (Å²) in [6, 6.07) is 8.62. The molecule has 3 heteroatoms. The van der Waals surface area contributed by atoms with Gasteiger partial charge in [-0.1, -0.05) is 57.0 Å². The largest absolute Gasteiger partial charge is 0.464 e. The normalized spacial score (nSPS) is 12.5. The fourth-order valence-electron chi connectivity index (χ4n) is 1.61. The molecule has 0 radical (unpaired) electrons. The van der Waals surface area contributed by atoms with Crippen LogP contribution >= 0.6 is 0 Å². The Morgan fingerprint density at radius 1 is 1.24 bits per heavy atom. The Kier molecular flexibility index (Phi) is 5.70. The first-order valence-electron chi connectivity index (χ1n) is 6.16. The fourth-order valence-corrected chi connectivity index (χ4v) is 1.61. The molecule has 1 atom stereocenters. The highest BCUT2D eigenvalue weighted by Gasteiger charge is 2.18. The Labute approximate surface area is 103 Å². The molecule has 1 aromatic rings. The molecule has 0 fully saturated rings. The van der Waals surface area contributed by atoms with Crippen LogP contribution in [-0.4, -0.2) is 12.6 Å². The van der Waals surface area contributed by atoms with E-state index in [1.54, 1.807) is 0 Å². The third-order valence-electron chi connectivity index (χ3n) is 3.03. The molecule has 1 unspecified atom stereocenters. The molecule has 17 heavy (non-hydrogen) atoms. The van der Waals surface area contributed by atoms with Gasteiger partial charge in [-0.3, -0.25) is 0 Å². The van der Waals surface area contributed by atoms with Gasteiger partial charge in [0.2, 0.25) is 0 Å². The molecule has 0 bridgehead atoms. The third kappa shape index (κ3) is 4.19. The van der Waals surface area contributed by atoms with Crippen molar-refractivity contribution in [1.29, 1.82) is 0 Å². The molecule has 0 saturated heterocycles. The van der Waals surface area contributed by atoms with E-state index < -0.39 is 6.04 Å². The van der Waals surface area contributed by atoms with Gasteiger partial charge in [0.15, 0.2) is 0 Å². The zero-order valence-corrected chi connectivity index (χ0v) is 10.6. The highest BCUT2D eigenvalue weighted by atomic mass is 16.5. The molecule has 2 N–H and O–H groups in total. The van der Waals surface area contributed by atoms with Crippen molar-refractivity contribution < 1.29 is 9.53 Å². The molecule has 3 nitrogen and oxygen atoms in total. The quantitative estimate of drug-likeness (QED) is 0.771. The smallest absolute Gasteiger partial charge is 0.327 e. The van der Waals surface area contributed by atoms with Gasteiger partial charge in [0.05, 0.1) is 6.61 Å². The Morgan fingerprint density at radius 3 is 2.35 bits per heavy atom. The zero-order chi connectivity index (χ0) is 12.7. The molecule has 1 rings (SSSR count). The summed E-state index contributed by atoms with van der Waals surface area (Å²) in [4.78, 5) is 11.7. The maximum Gasteiger partial charge on any atom is 0.327 e. The number of esters is 1. The van der Waals surface area contributed by atoms with Crippen LogP contribution in [0.2, 0.25) is 0 Å². The lowest BCUT2D eigenvalue weighted by molar-refractivity contribution is -0.146. The molecule has 94 valence electrons. The van der Waals surface area contributed by atoms with Crippen molar-refractivity contribution in [3.8, 4) is 0 Å². The molecular weight excluding hydrogens is 214 g/mol. The number of rotatable bonds is 6. The Hall–Kier alpha value is -1.35. The van der Waals surface area contributed by atoms with Crippen molar-refractivity contribution in [2.75, 3.05) is 6.61 Å². The molecule has 0 amide bonds. The van der Waals surface area contributed by atoms with Gasteiger partial charge in [0.1, 0.15) is 6.04 Å². The van der Waals surface area contributed by atoms with E-state index >= 15 is 0 Å². The summed E-state index contributed by atoms with van der Waals surface area (Å²) < 4.78 is 5.24. The molecular formula is C14H21NO2. The minimum Gasteiger partial charge on any atom is -0.464 e. The van der Waals surface area contributed by atoms with Gasteiger partial charge in [-0.2, -0.15) is 0 Å². The number of hydrogen-bond acceptors (Lipinski definition) is 3. The van der Waals surface area contributed by atoms with Gasteiger partial charge in [-0.15, -0.1) is 0 Å². The van der Waals surface area contributed by atoms with Gasteiger partial charge in [0, 0.05) is 0 Å².